The third-order valence-electron chi connectivity index (χ3n) is 3.59. The van der Waals surface area contributed by atoms with Gasteiger partial charge in [0.2, 0.25) is 5.91 Å². The third-order valence-corrected chi connectivity index (χ3v) is 3.59. The number of anilines is 2. The van der Waals surface area contributed by atoms with Gasteiger partial charge in [-0.3, -0.25) is 9.59 Å². The zero-order chi connectivity index (χ0) is 15.5. The van der Waals surface area contributed by atoms with Crippen LogP contribution in [0.5, 0.6) is 0 Å². The van der Waals surface area contributed by atoms with Crippen molar-refractivity contribution in [2.75, 3.05) is 10.6 Å². The number of carbonyl (C=O) groups is 2. The predicted molar refractivity (Wildman–Crippen MR) is 82.4 cm³/mol. The van der Waals surface area contributed by atoms with Crippen molar-refractivity contribution in [2.24, 2.45) is 0 Å². The summed E-state index contributed by atoms with van der Waals surface area (Å²) in [6, 6.07) is 10.8. The largest absolute Gasteiger partial charge is 0.326 e. The first-order valence-electron chi connectivity index (χ1n) is 7.11. The first kappa shape index (κ1) is 14.3. The van der Waals surface area contributed by atoms with E-state index in [1.165, 1.54) is 24.3 Å². The number of hydrogen-bond donors (Lipinski definition) is 2. The molecule has 22 heavy (non-hydrogen) atoms. The van der Waals surface area contributed by atoms with Crippen LogP contribution >= 0.6 is 0 Å². The maximum atomic E-state index is 12.9. The summed E-state index contributed by atoms with van der Waals surface area (Å²) in [5.41, 5.74) is 2.77. The van der Waals surface area contributed by atoms with E-state index in [2.05, 4.69) is 10.6 Å². The van der Waals surface area contributed by atoms with Gasteiger partial charge in [-0.05, 0) is 60.9 Å². The van der Waals surface area contributed by atoms with Crippen LogP contribution in [0.4, 0.5) is 15.8 Å². The van der Waals surface area contributed by atoms with Gasteiger partial charge < -0.3 is 10.6 Å². The Labute approximate surface area is 127 Å². The van der Waals surface area contributed by atoms with Crippen LogP contribution in [0, 0.1) is 5.82 Å². The Hall–Kier alpha value is -2.69. The van der Waals surface area contributed by atoms with Crippen molar-refractivity contribution in [1.29, 1.82) is 0 Å². The molecule has 0 fully saturated rings. The maximum absolute atomic E-state index is 12.9. The Balaban J connectivity index is 1.80. The molecule has 0 atom stereocenters. The zero-order valence-corrected chi connectivity index (χ0v) is 11.9. The van der Waals surface area contributed by atoms with Crippen LogP contribution in [0.25, 0.3) is 0 Å². The Bertz CT molecular complexity index is 726. The zero-order valence-electron chi connectivity index (χ0n) is 11.9. The normalized spacial score (nSPS) is 13.8. The molecule has 1 aliphatic heterocycles. The lowest BCUT2D eigenvalue weighted by atomic mass is 10.0. The number of halogens is 1. The van der Waals surface area contributed by atoms with Crippen molar-refractivity contribution >= 4 is 23.2 Å². The first-order valence-corrected chi connectivity index (χ1v) is 7.11. The van der Waals surface area contributed by atoms with Gasteiger partial charge in [-0.1, -0.05) is 0 Å². The molecule has 1 heterocycles. The number of hydrogen-bond acceptors (Lipinski definition) is 2. The first-order chi connectivity index (χ1) is 10.6. The van der Waals surface area contributed by atoms with E-state index in [4.69, 9.17) is 0 Å². The number of fused-ring (bicyclic) bond motifs is 1. The van der Waals surface area contributed by atoms with Crippen molar-refractivity contribution in [3.63, 3.8) is 0 Å². The summed E-state index contributed by atoms with van der Waals surface area (Å²) >= 11 is 0. The van der Waals surface area contributed by atoms with E-state index in [0.717, 1.165) is 24.1 Å². The summed E-state index contributed by atoms with van der Waals surface area (Å²) < 4.78 is 12.9. The molecule has 1 aliphatic rings. The van der Waals surface area contributed by atoms with Gasteiger partial charge in [-0.2, -0.15) is 0 Å². The van der Waals surface area contributed by atoms with Crippen molar-refractivity contribution in [3.05, 3.63) is 59.4 Å². The second-order valence-corrected chi connectivity index (χ2v) is 5.23. The van der Waals surface area contributed by atoms with Gasteiger partial charge in [-0.25, -0.2) is 4.39 Å². The smallest absolute Gasteiger partial charge is 0.255 e. The van der Waals surface area contributed by atoms with Gasteiger partial charge in [-0.15, -0.1) is 0 Å². The predicted octanol–water partition coefficient (Wildman–Crippen LogP) is 3.35. The van der Waals surface area contributed by atoms with E-state index < -0.39 is 0 Å². The summed E-state index contributed by atoms with van der Waals surface area (Å²) in [5.74, 6) is -0.606. The monoisotopic (exact) mass is 298 g/mol. The van der Waals surface area contributed by atoms with E-state index in [1.807, 2.05) is 0 Å². The third kappa shape index (κ3) is 3.14. The fourth-order valence-corrected chi connectivity index (χ4v) is 2.45. The molecule has 112 valence electrons. The van der Waals surface area contributed by atoms with E-state index in [9.17, 15) is 14.0 Å². The minimum absolute atomic E-state index is 0.00210. The maximum Gasteiger partial charge on any atom is 0.255 e. The summed E-state index contributed by atoms with van der Waals surface area (Å²) in [6.07, 6.45) is 2.01. The second kappa shape index (κ2) is 5.97. The van der Waals surface area contributed by atoms with E-state index in [1.54, 1.807) is 18.2 Å². The molecule has 0 bridgehead atoms. The highest BCUT2D eigenvalue weighted by atomic mass is 19.1. The van der Waals surface area contributed by atoms with E-state index in [0.29, 0.717) is 17.7 Å². The van der Waals surface area contributed by atoms with Crippen LogP contribution in [0.2, 0.25) is 0 Å². The molecule has 0 saturated carbocycles. The molecule has 2 amide bonds. The Kier molecular flexibility index (Phi) is 3.87. The molecule has 0 radical (unpaired) electrons. The molecule has 5 heteroatoms. The minimum Gasteiger partial charge on any atom is -0.326 e. The van der Waals surface area contributed by atoms with Crippen LogP contribution in [0.15, 0.2) is 42.5 Å². The lowest BCUT2D eigenvalue weighted by molar-refractivity contribution is -0.116. The van der Waals surface area contributed by atoms with Gasteiger partial charge in [0.05, 0.1) is 0 Å². The molecular formula is C17H15FN2O2. The number of nitrogens with one attached hydrogen (secondary N) is 2. The molecule has 0 aliphatic carbocycles. The number of benzene rings is 2. The highest BCUT2D eigenvalue weighted by molar-refractivity contribution is 6.05. The fraction of sp³-hybridized carbons (Fsp3) is 0.176. The van der Waals surface area contributed by atoms with Gasteiger partial charge in [0.25, 0.3) is 5.91 Å². The standard InChI is InChI=1S/C17H15FN2O2/c18-13-5-7-14(8-6-13)19-17(22)12-4-9-15-11(10-12)2-1-3-16(21)20-15/h4-10H,1-3H2,(H,19,22)(H,20,21). The van der Waals surface area contributed by atoms with Crippen molar-refractivity contribution in [1.82, 2.24) is 0 Å². The number of rotatable bonds is 2. The second-order valence-electron chi connectivity index (χ2n) is 5.23. The van der Waals surface area contributed by atoms with Gasteiger partial charge in [0, 0.05) is 23.4 Å². The van der Waals surface area contributed by atoms with Crippen LogP contribution in [-0.2, 0) is 11.2 Å². The lowest BCUT2D eigenvalue weighted by Crippen LogP contribution is -2.13. The molecule has 0 unspecified atom stereocenters. The van der Waals surface area contributed by atoms with E-state index in [-0.39, 0.29) is 17.6 Å². The fourth-order valence-electron chi connectivity index (χ4n) is 2.45. The van der Waals surface area contributed by atoms with Gasteiger partial charge >= 0.3 is 0 Å². The molecule has 0 saturated heterocycles. The van der Waals surface area contributed by atoms with Crippen LogP contribution in [-0.4, -0.2) is 11.8 Å². The van der Waals surface area contributed by atoms with E-state index >= 15 is 0 Å². The summed E-state index contributed by atoms with van der Waals surface area (Å²) in [4.78, 5) is 23.8. The highest BCUT2D eigenvalue weighted by Crippen LogP contribution is 2.23. The van der Waals surface area contributed by atoms with Gasteiger partial charge in [0.1, 0.15) is 5.82 Å². The summed E-state index contributed by atoms with van der Waals surface area (Å²) in [6.45, 7) is 0. The average molecular weight is 298 g/mol. The summed E-state index contributed by atoms with van der Waals surface area (Å²) in [5, 5.41) is 5.56. The molecule has 2 aromatic rings. The highest BCUT2D eigenvalue weighted by Gasteiger charge is 2.15. The average Bonchev–Trinajstić information content (AvgIpc) is 2.69. The van der Waals surface area contributed by atoms with Crippen molar-refractivity contribution in [2.45, 2.75) is 19.3 Å². The van der Waals surface area contributed by atoms with Crippen molar-refractivity contribution in [3.8, 4) is 0 Å². The molecule has 2 aromatic carbocycles. The quantitative estimate of drug-likeness (QED) is 0.893. The molecule has 3 rings (SSSR count). The van der Waals surface area contributed by atoms with Crippen LogP contribution in [0.1, 0.15) is 28.8 Å². The Morgan fingerprint density at radius 3 is 2.64 bits per heavy atom. The molecule has 0 spiro atoms. The molecular weight excluding hydrogens is 283 g/mol. The molecule has 0 aromatic heterocycles. The summed E-state index contributed by atoms with van der Waals surface area (Å²) in [7, 11) is 0. The number of amides is 2. The Morgan fingerprint density at radius 2 is 1.86 bits per heavy atom. The molecule has 2 N–H and O–H groups in total. The minimum atomic E-state index is -0.348. The lowest BCUT2D eigenvalue weighted by Gasteiger charge is -2.10. The Morgan fingerprint density at radius 1 is 1.09 bits per heavy atom. The number of aryl methyl sites for hydroxylation is 1. The topological polar surface area (TPSA) is 58.2 Å². The SMILES string of the molecule is O=C1CCCc2cc(C(=O)Nc3ccc(F)cc3)ccc2N1. The van der Waals surface area contributed by atoms with Crippen molar-refractivity contribution < 1.29 is 14.0 Å². The molecule has 4 nitrogen and oxygen atoms in total. The van der Waals surface area contributed by atoms with Crippen LogP contribution < -0.4 is 10.6 Å². The van der Waals surface area contributed by atoms with Gasteiger partial charge in [0.15, 0.2) is 0 Å². The number of carbonyl (C=O) groups excluding carboxylic acids is 2. The van der Waals surface area contributed by atoms with Crippen LogP contribution in [0.3, 0.4) is 0 Å².